The Morgan fingerprint density at radius 1 is 1.37 bits per heavy atom. The Bertz CT molecular complexity index is 1000. The first-order valence-electron chi connectivity index (χ1n) is 9.16. The van der Waals surface area contributed by atoms with Crippen LogP contribution in [0, 0.1) is 5.92 Å². The van der Waals surface area contributed by atoms with E-state index in [-0.39, 0.29) is 5.56 Å². The van der Waals surface area contributed by atoms with E-state index in [1.807, 2.05) is 31.2 Å². The predicted octanol–water partition coefficient (Wildman–Crippen LogP) is 3.66. The van der Waals surface area contributed by atoms with Gasteiger partial charge in [-0.3, -0.25) is 4.79 Å². The monoisotopic (exact) mass is 404 g/mol. The number of benzene rings is 1. The summed E-state index contributed by atoms with van der Waals surface area (Å²) in [6, 6.07) is 9.10. The molecule has 8 heteroatoms. The molecule has 0 amide bonds. The van der Waals surface area contributed by atoms with Crippen molar-refractivity contribution in [2.45, 2.75) is 26.2 Å². The number of hydrogen-bond donors (Lipinski definition) is 0. The fraction of sp³-hybridized carbons (Fsp3) is 0.421. The molecule has 142 valence electrons. The smallest absolute Gasteiger partial charge is 0.275 e. The van der Waals surface area contributed by atoms with E-state index in [1.54, 1.807) is 6.07 Å². The Morgan fingerprint density at radius 2 is 2.22 bits per heavy atom. The minimum absolute atomic E-state index is 0.116. The first kappa shape index (κ1) is 18.3. The molecular weight excluding hydrogens is 384 g/mol. The summed E-state index contributed by atoms with van der Waals surface area (Å²) in [4.78, 5) is 19.6. The number of anilines is 1. The highest BCUT2D eigenvalue weighted by molar-refractivity contribution is 7.20. The van der Waals surface area contributed by atoms with Gasteiger partial charge in [0.15, 0.2) is 0 Å². The average Bonchev–Trinajstić information content (AvgIpc) is 3.12. The quantitative estimate of drug-likeness (QED) is 0.649. The average molecular weight is 405 g/mol. The van der Waals surface area contributed by atoms with Crippen molar-refractivity contribution in [2.75, 3.05) is 24.6 Å². The first-order chi connectivity index (χ1) is 13.1. The number of halogens is 1. The summed E-state index contributed by atoms with van der Waals surface area (Å²) in [7, 11) is 0. The van der Waals surface area contributed by atoms with Crippen molar-refractivity contribution >= 4 is 33.0 Å². The lowest BCUT2D eigenvalue weighted by Gasteiger charge is -2.32. The van der Waals surface area contributed by atoms with E-state index in [9.17, 15) is 4.79 Å². The van der Waals surface area contributed by atoms with Crippen LogP contribution in [-0.4, -0.2) is 34.3 Å². The fourth-order valence-electron chi connectivity index (χ4n) is 3.30. The molecule has 0 radical (unpaired) electrons. The van der Waals surface area contributed by atoms with E-state index in [2.05, 4.69) is 15.0 Å². The van der Waals surface area contributed by atoms with Crippen LogP contribution < -0.4 is 15.2 Å². The van der Waals surface area contributed by atoms with Crippen LogP contribution in [0.4, 0.5) is 5.13 Å². The van der Waals surface area contributed by atoms with Gasteiger partial charge < -0.3 is 9.64 Å². The summed E-state index contributed by atoms with van der Waals surface area (Å²) in [5, 5.41) is 5.98. The highest BCUT2D eigenvalue weighted by Crippen LogP contribution is 2.28. The van der Waals surface area contributed by atoms with Crippen molar-refractivity contribution in [3.63, 3.8) is 0 Å². The topological polar surface area (TPSA) is 59.7 Å². The lowest BCUT2D eigenvalue weighted by Crippen LogP contribution is -2.37. The standard InChI is InChI=1S/C19H21ClN4O2S/c1-2-14-10-17(25)24-18(21-14)27-19(22-24)23-9-5-6-13(11-23)12-26-16-8-4-3-7-15(16)20/h3-4,7-8,10,13H,2,5-6,9,11-12H2,1H3. The highest BCUT2D eigenvalue weighted by atomic mass is 35.5. The van der Waals surface area contributed by atoms with Gasteiger partial charge in [-0.2, -0.15) is 4.52 Å². The number of rotatable bonds is 5. The van der Waals surface area contributed by atoms with Crippen LogP contribution in [0.15, 0.2) is 35.1 Å². The summed E-state index contributed by atoms with van der Waals surface area (Å²) >= 11 is 7.64. The number of nitrogens with zero attached hydrogens (tertiary/aromatic N) is 4. The van der Waals surface area contributed by atoms with Gasteiger partial charge in [-0.25, -0.2) is 4.98 Å². The van der Waals surface area contributed by atoms with Crippen LogP contribution in [0.2, 0.25) is 5.02 Å². The molecule has 0 bridgehead atoms. The SMILES string of the molecule is CCc1cc(=O)n2nc(N3CCCC(COc4ccccc4Cl)C3)sc2n1. The zero-order chi connectivity index (χ0) is 18.8. The fourth-order valence-corrected chi connectivity index (χ4v) is 4.45. The van der Waals surface area contributed by atoms with Gasteiger partial charge in [-0.05, 0) is 31.4 Å². The van der Waals surface area contributed by atoms with Crippen LogP contribution in [0.25, 0.3) is 4.96 Å². The molecule has 0 N–H and O–H groups in total. The maximum atomic E-state index is 12.2. The molecule has 6 nitrogen and oxygen atoms in total. The first-order valence-corrected chi connectivity index (χ1v) is 10.4. The number of fused-ring (bicyclic) bond motifs is 1. The molecule has 3 heterocycles. The van der Waals surface area contributed by atoms with Gasteiger partial charge in [0, 0.05) is 30.8 Å². The van der Waals surface area contributed by atoms with Gasteiger partial charge >= 0.3 is 0 Å². The molecule has 2 aromatic heterocycles. The minimum Gasteiger partial charge on any atom is -0.492 e. The predicted molar refractivity (Wildman–Crippen MR) is 108 cm³/mol. The third kappa shape index (κ3) is 3.94. The van der Waals surface area contributed by atoms with Crippen molar-refractivity contribution in [2.24, 2.45) is 5.92 Å². The Balaban J connectivity index is 1.48. The Hall–Kier alpha value is -2.12. The second kappa shape index (κ2) is 7.86. The molecule has 1 fully saturated rings. The Kier molecular flexibility index (Phi) is 5.31. The van der Waals surface area contributed by atoms with E-state index >= 15 is 0 Å². The molecule has 4 rings (SSSR count). The number of ether oxygens (including phenoxy) is 1. The third-order valence-electron chi connectivity index (χ3n) is 4.75. The summed E-state index contributed by atoms with van der Waals surface area (Å²) < 4.78 is 7.33. The van der Waals surface area contributed by atoms with Gasteiger partial charge in [0.05, 0.1) is 11.6 Å². The maximum Gasteiger partial charge on any atom is 0.275 e. The summed E-state index contributed by atoms with van der Waals surface area (Å²) in [5.74, 6) is 1.11. The van der Waals surface area contributed by atoms with E-state index in [0.29, 0.717) is 22.5 Å². The van der Waals surface area contributed by atoms with Crippen LogP contribution in [0.1, 0.15) is 25.5 Å². The van der Waals surface area contributed by atoms with Crippen molar-refractivity contribution in [3.8, 4) is 5.75 Å². The normalized spacial score (nSPS) is 17.4. The van der Waals surface area contributed by atoms with Crippen LogP contribution >= 0.6 is 22.9 Å². The second-order valence-corrected chi connectivity index (χ2v) is 8.06. The molecule has 0 spiro atoms. The van der Waals surface area contributed by atoms with Gasteiger partial charge in [-0.15, -0.1) is 5.10 Å². The molecule has 1 aliphatic heterocycles. The maximum absolute atomic E-state index is 12.2. The van der Waals surface area contributed by atoms with Crippen LogP contribution in [0.3, 0.4) is 0 Å². The zero-order valence-corrected chi connectivity index (χ0v) is 16.7. The van der Waals surface area contributed by atoms with Crippen molar-refractivity contribution in [1.29, 1.82) is 0 Å². The van der Waals surface area contributed by atoms with Crippen LogP contribution in [0.5, 0.6) is 5.75 Å². The molecule has 0 aliphatic carbocycles. The molecule has 1 saturated heterocycles. The largest absolute Gasteiger partial charge is 0.492 e. The van der Waals surface area contributed by atoms with Gasteiger partial charge in [-0.1, -0.05) is 42.0 Å². The number of aromatic nitrogens is 3. The van der Waals surface area contributed by atoms with E-state index in [1.165, 1.54) is 15.9 Å². The van der Waals surface area contributed by atoms with Gasteiger partial charge in [0.2, 0.25) is 10.1 Å². The molecule has 3 aromatic rings. The summed E-state index contributed by atoms with van der Waals surface area (Å²) in [6.07, 6.45) is 2.91. The lowest BCUT2D eigenvalue weighted by molar-refractivity contribution is 0.229. The molecular formula is C19H21ClN4O2S. The van der Waals surface area contributed by atoms with Crippen molar-refractivity contribution in [3.05, 3.63) is 51.4 Å². The van der Waals surface area contributed by atoms with E-state index in [0.717, 1.165) is 48.9 Å². The molecule has 1 atom stereocenters. The van der Waals surface area contributed by atoms with Crippen molar-refractivity contribution < 1.29 is 4.74 Å². The molecule has 1 aliphatic rings. The number of para-hydroxylation sites is 1. The van der Waals surface area contributed by atoms with Gasteiger partial charge in [0.25, 0.3) is 5.56 Å². The molecule has 1 unspecified atom stereocenters. The minimum atomic E-state index is -0.116. The third-order valence-corrected chi connectivity index (χ3v) is 6.03. The highest BCUT2D eigenvalue weighted by Gasteiger charge is 2.24. The lowest BCUT2D eigenvalue weighted by atomic mass is 9.99. The number of hydrogen-bond acceptors (Lipinski definition) is 6. The van der Waals surface area contributed by atoms with Crippen LogP contribution in [-0.2, 0) is 6.42 Å². The number of aryl methyl sites for hydroxylation is 1. The van der Waals surface area contributed by atoms with Gasteiger partial charge in [0.1, 0.15) is 5.75 Å². The number of piperidine rings is 1. The van der Waals surface area contributed by atoms with E-state index in [4.69, 9.17) is 16.3 Å². The van der Waals surface area contributed by atoms with E-state index < -0.39 is 0 Å². The summed E-state index contributed by atoms with van der Waals surface area (Å²) in [6.45, 7) is 4.38. The summed E-state index contributed by atoms with van der Waals surface area (Å²) in [5.41, 5.74) is 0.690. The Labute approximate surface area is 166 Å². The zero-order valence-electron chi connectivity index (χ0n) is 15.1. The molecule has 1 aromatic carbocycles. The molecule has 0 saturated carbocycles. The Morgan fingerprint density at radius 3 is 3.04 bits per heavy atom. The molecule has 27 heavy (non-hydrogen) atoms. The van der Waals surface area contributed by atoms with Crippen molar-refractivity contribution in [1.82, 2.24) is 14.6 Å². The second-order valence-electron chi connectivity index (χ2n) is 6.71.